The van der Waals surface area contributed by atoms with E-state index in [1.165, 1.54) is 25.1 Å². The van der Waals surface area contributed by atoms with Gasteiger partial charge in [-0.15, -0.1) is 0 Å². The van der Waals surface area contributed by atoms with Crippen molar-refractivity contribution in [3.63, 3.8) is 0 Å². The highest BCUT2D eigenvalue weighted by Gasteiger charge is 2.72. The van der Waals surface area contributed by atoms with Crippen LogP contribution in [-0.2, 0) is 25.7 Å². The predicted molar refractivity (Wildman–Crippen MR) is 142 cm³/mol. The Kier molecular flexibility index (Phi) is 7.60. The average molecular weight is 610 g/mol. The van der Waals surface area contributed by atoms with Crippen LogP contribution in [0.3, 0.4) is 0 Å². The Bertz CT molecular complexity index is 1410. The number of fused-ring (bicyclic) bond motifs is 3. The number of halogens is 3. The SMILES string of the molecule is C[C@H]1c2ccc(CN3CCC(C(F)(F)F)CC3)c(O)c2C(=O)C2C(=O)[C@]3(O)C(=O)C(C(N)=O)C(=O)[C@@H](N(C)C)[C@@H]3[C@@H](O)[C@@H]21. The van der Waals surface area contributed by atoms with Gasteiger partial charge in [-0.3, -0.25) is 33.8 Å². The molecule has 0 spiro atoms. The number of amides is 1. The maximum atomic E-state index is 14.0. The number of aromatic hydroxyl groups is 1. The minimum Gasteiger partial charge on any atom is -0.507 e. The zero-order valence-corrected chi connectivity index (χ0v) is 23.8. The topological polar surface area (TPSA) is 179 Å². The molecule has 3 fully saturated rings. The smallest absolute Gasteiger partial charge is 0.391 e. The Morgan fingerprint density at radius 3 is 2.26 bits per heavy atom. The summed E-state index contributed by atoms with van der Waals surface area (Å²) in [6.45, 7) is 1.87. The van der Waals surface area contributed by atoms with Crippen LogP contribution in [0, 0.1) is 29.6 Å². The molecule has 0 aromatic heterocycles. The van der Waals surface area contributed by atoms with Gasteiger partial charge in [-0.05, 0) is 51.5 Å². The summed E-state index contributed by atoms with van der Waals surface area (Å²) >= 11 is 0. The number of aliphatic hydroxyl groups excluding tert-OH is 1. The van der Waals surface area contributed by atoms with Crippen LogP contribution in [0.25, 0.3) is 0 Å². The van der Waals surface area contributed by atoms with Gasteiger partial charge in [0, 0.05) is 18.0 Å². The maximum absolute atomic E-state index is 14.0. The fraction of sp³-hybridized carbons (Fsp3) is 0.621. The van der Waals surface area contributed by atoms with Gasteiger partial charge in [0.2, 0.25) is 5.91 Å². The number of aliphatic hydroxyl groups is 2. The Balaban J connectivity index is 1.53. The van der Waals surface area contributed by atoms with Crippen molar-refractivity contribution in [2.45, 2.75) is 56.2 Å². The summed E-state index contributed by atoms with van der Waals surface area (Å²) in [6.07, 6.45) is -6.25. The van der Waals surface area contributed by atoms with E-state index in [0.717, 1.165) is 0 Å². The van der Waals surface area contributed by atoms with Crippen LogP contribution >= 0.6 is 0 Å². The number of primary amides is 1. The molecule has 234 valence electrons. The number of Topliss-reactive ketones (excluding diaryl/α,β-unsaturated/α-hetero) is 4. The van der Waals surface area contributed by atoms with Gasteiger partial charge in [0.15, 0.2) is 34.7 Å². The second kappa shape index (κ2) is 10.5. The summed E-state index contributed by atoms with van der Waals surface area (Å²) in [5.41, 5.74) is 2.52. The number of ketones is 4. The number of rotatable bonds is 4. The van der Waals surface area contributed by atoms with E-state index in [1.54, 1.807) is 17.9 Å². The summed E-state index contributed by atoms with van der Waals surface area (Å²) in [5.74, 6) is -15.6. The lowest BCUT2D eigenvalue weighted by atomic mass is 9.49. The molecule has 1 aromatic rings. The van der Waals surface area contributed by atoms with E-state index < -0.39 is 94.2 Å². The van der Waals surface area contributed by atoms with E-state index in [9.17, 15) is 52.5 Å². The number of alkyl halides is 3. The van der Waals surface area contributed by atoms with Crippen molar-refractivity contribution in [3.05, 3.63) is 28.8 Å². The summed E-state index contributed by atoms with van der Waals surface area (Å²) in [5, 5.41) is 34.6. The number of carbonyl (C=O) groups excluding carboxylic acids is 5. The molecule has 1 aromatic carbocycles. The summed E-state index contributed by atoms with van der Waals surface area (Å²) < 4.78 is 39.3. The Morgan fingerprint density at radius 2 is 1.72 bits per heavy atom. The van der Waals surface area contributed by atoms with E-state index in [4.69, 9.17) is 5.73 Å². The van der Waals surface area contributed by atoms with Crippen molar-refractivity contribution in [2.24, 2.45) is 35.3 Å². The van der Waals surface area contributed by atoms with Gasteiger partial charge in [0.1, 0.15) is 5.75 Å². The number of likely N-dealkylation sites (tertiary alicyclic amines) is 1. The number of phenols is 1. The number of likely N-dealkylation sites (N-methyl/N-ethyl adjacent to an activating group) is 1. The van der Waals surface area contributed by atoms with Gasteiger partial charge in [-0.25, -0.2) is 0 Å². The quantitative estimate of drug-likeness (QED) is 0.344. The number of nitrogens with zero attached hydrogens (tertiary/aromatic N) is 2. The second-order valence-corrected chi connectivity index (χ2v) is 12.5. The molecule has 5 N–H and O–H groups in total. The fourth-order valence-corrected chi connectivity index (χ4v) is 7.82. The molecule has 5 rings (SSSR count). The molecule has 2 saturated carbocycles. The van der Waals surface area contributed by atoms with Crippen LogP contribution < -0.4 is 5.73 Å². The number of piperidine rings is 1. The van der Waals surface area contributed by atoms with Crippen molar-refractivity contribution in [1.82, 2.24) is 9.80 Å². The van der Waals surface area contributed by atoms with Gasteiger partial charge in [-0.2, -0.15) is 13.2 Å². The van der Waals surface area contributed by atoms with Crippen LogP contribution in [0.15, 0.2) is 12.1 Å². The van der Waals surface area contributed by atoms with E-state index >= 15 is 0 Å². The summed E-state index contributed by atoms with van der Waals surface area (Å²) in [6, 6.07) is 1.63. The lowest BCUT2D eigenvalue weighted by Crippen LogP contribution is -2.77. The number of carbonyl (C=O) groups is 5. The zero-order valence-electron chi connectivity index (χ0n) is 23.8. The minimum absolute atomic E-state index is 0.0352. The first-order chi connectivity index (χ1) is 19.9. The molecule has 1 saturated heterocycles. The van der Waals surface area contributed by atoms with E-state index in [0.29, 0.717) is 5.56 Å². The van der Waals surface area contributed by atoms with E-state index in [-0.39, 0.29) is 43.6 Å². The molecule has 43 heavy (non-hydrogen) atoms. The van der Waals surface area contributed by atoms with Crippen molar-refractivity contribution in [3.8, 4) is 5.75 Å². The molecule has 14 heteroatoms. The summed E-state index contributed by atoms with van der Waals surface area (Å²) in [7, 11) is 2.83. The Labute approximate surface area is 244 Å². The average Bonchev–Trinajstić information content (AvgIpc) is 2.91. The van der Waals surface area contributed by atoms with Crippen molar-refractivity contribution in [1.29, 1.82) is 0 Å². The van der Waals surface area contributed by atoms with Crippen LogP contribution in [0.4, 0.5) is 13.2 Å². The van der Waals surface area contributed by atoms with Crippen molar-refractivity contribution in [2.75, 3.05) is 27.2 Å². The van der Waals surface area contributed by atoms with Crippen LogP contribution in [0.2, 0.25) is 0 Å². The van der Waals surface area contributed by atoms with Crippen molar-refractivity contribution < 1.29 is 52.5 Å². The first-order valence-electron chi connectivity index (χ1n) is 14.1. The third kappa shape index (κ3) is 4.52. The third-order valence-electron chi connectivity index (χ3n) is 10.0. The highest BCUT2D eigenvalue weighted by Crippen LogP contribution is 2.54. The summed E-state index contributed by atoms with van der Waals surface area (Å²) in [4.78, 5) is 69.8. The van der Waals surface area contributed by atoms with Crippen LogP contribution in [-0.4, -0.2) is 105 Å². The van der Waals surface area contributed by atoms with Gasteiger partial charge in [0.05, 0.1) is 35.5 Å². The monoisotopic (exact) mass is 609 g/mol. The molecule has 1 heterocycles. The lowest BCUT2D eigenvalue weighted by molar-refractivity contribution is -0.196. The second-order valence-electron chi connectivity index (χ2n) is 12.5. The number of phenolic OH excluding ortho intramolecular Hbond substituents is 1. The predicted octanol–water partition coefficient (Wildman–Crippen LogP) is 0.173. The van der Waals surface area contributed by atoms with Crippen LogP contribution in [0.5, 0.6) is 5.75 Å². The van der Waals surface area contributed by atoms with Gasteiger partial charge < -0.3 is 21.1 Å². The fourth-order valence-electron chi connectivity index (χ4n) is 7.82. The molecule has 11 nitrogen and oxygen atoms in total. The van der Waals surface area contributed by atoms with Gasteiger partial charge in [-0.1, -0.05) is 19.1 Å². The molecular formula is C29H34F3N3O8. The number of hydrogen-bond acceptors (Lipinski definition) is 10. The van der Waals surface area contributed by atoms with Crippen LogP contribution in [0.1, 0.15) is 47.2 Å². The highest BCUT2D eigenvalue weighted by atomic mass is 19.4. The zero-order chi connectivity index (χ0) is 31.9. The lowest BCUT2D eigenvalue weighted by Gasteiger charge is -2.56. The molecule has 4 aliphatic rings. The highest BCUT2D eigenvalue weighted by molar-refractivity contribution is 6.32. The molecule has 2 unspecified atom stereocenters. The Morgan fingerprint density at radius 1 is 1.12 bits per heavy atom. The van der Waals surface area contributed by atoms with Crippen molar-refractivity contribution >= 4 is 29.0 Å². The molecule has 0 radical (unpaired) electrons. The molecule has 1 amide bonds. The van der Waals surface area contributed by atoms with E-state index in [2.05, 4.69) is 0 Å². The van der Waals surface area contributed by atoms with Gasteiger partial charge >= 0.3 is 6.18 Å². The van der Waals surface area contributed by atoms with E-state index in [1.807, 2.05) is 0 Å². The molecule has 3 aliphatic carbocycles. The molecule has 8 atom stereocenters. The third-order valence-corrected chi connectivity index (χ3v) is 10.0. The first kappa shape index (κ1) is 31.2. The maximum Gasteiger partial charge on any atom is 0.391 e. The Hall–Kier alpha value is -3.20. The number of hydrogen-bond donors (Lipinski definition) is 4. The molecule has 1 aliphatic heterocycles. The first-order valence-corrected chi connectivity index (χ1v) is 14.1. The van der Waals surface area contributed by atoms with Gasteiger partial charge in [0.25, 0.3) is 0 Å². The number of benzene rings is 1. The number of nitrogens with two attached hydrogens (primary N) is 1. The minimum atomic E-state index is -4.30. The molecule has 0 bridgehead atoms. The largest absolute Gasteiger partial charge is 0.507 e. The normalized spacial score (nSPS) is 35.5. The standard InChI is InChI=1S/C29H34F3N3O8/c1-11-14-5-4-12(10-35-8-6-13(7-9-35)29(30,31)32)21(36)16(14)22(37)17-15(11)23(38)19-20(34(2)3)24(39)18(27(33)42)26(41)28(19,43)25(17)40/h4-5,11,13,15,17-20,23,36,38,43H,6-10H2,1-3H3,(H2,33,42)/t11-,15+,17?,18?,19+,20-,23-,28-/m0/s1. The molecular weight excluding hydrogens is 575 g/mol.